The molecule has 1 aliphatic carbocycles. The van der Waals surface area contributed by atoms with Gasteiger partial charge in [-0.05, 0) is 26.2 Å². The molecule has 75 valence electrons. The average molecular weight is 184 g/mol. The fourth-order valence-electron chi connectivity index (χ4n) is 1.70. The van der Waals surface area contributed by atoms with Crippen molar-refractivity contribution in [1.82, 2.24) is 5.32 Å². The molecular weight excluding hydrogens is 166 g/mol. The Labute approximate surface area is 79.8 Å². The van der Waals surface area contributed by atoms with E-state index in [2.05, 4.69) is 12.2 Å². The lowest BCUT2D eigenvalue weighted by molar-refractivity contribution is -0.116. The summed E-state index contributed by atoms with van der Waals surface area (Å²) >= 11 is 0. The average Bonchev–Trinajstić information content (AvgIpc) is 2.19. The van der Waals surface area contributed by atoms with Crippen LogP contribution in [-0.4, -0.2) is 18.7 Å². The molecule has 13 heavy (non-hydrogen) atoms. The third kappa shape index (κ3) is 3.77. The van der Waals surface area contributed by atoms with Gasteiger partial charge in [-0.25, -0.2) is 0 Å². The van der Waals surface area contributed by atoms with Crippen LogP contribution in [0.4, 0.5) is 0 Å². The minimum Gasteiger partial charge on any atom is -0.355 e. The maximum atomic E-state index is 10.2. The molecule has 0 saturated heterocycles. The van der Waals surface area contributed by atoms with Crippen molar-refractivity contribution in [2.24, 2.45) is 0 Å². The summed E-state index contributed by atoms with van der Waals surface area (Å²) in [4.78, 5) is 10.2. The van der Waals surface area contributed by atoms with Crippen LogP contribution in [0.25, 0.3) is 0 Å². The van der Waals surface area contributed by atoms with E-state index in [1.807, 2.05) is 0 Å². The van der Waals surface area contributed by atoms with Gasteiger partial charge < -0.3 is 10.1 Å². The van der Waals surface area contributed by atoms with Crippen molar-refractivity contribution in [3.8, 4) is 0 Å². The van der Waals surface area contributed by atoms with Gasteiger partial charge in [0.15, 0.2) is 0 Å². The van der Waals surface area contributed by atoms with Gasteiger partial charge in [-0.3, -0.25) is 4.79 Å². The number of carbonyl (C=O) groups is 1. The number of hydrogen-bond donors (Lipinski definition) is 1. The molecule has 1 saturated carbocycles. The topological polar surface area (TPSA) is 38.3 Å². The quantitative estimate of drug-likeness (QED) is 0.521. The molecule has 1 fully saturated rings. The van der Waals surface area contributed by atoms with Crippen molar-refractivity contribution in [2.45, 2.75) is 50.9 Å². The molecule has 0 aromatic rings. The Bertz CT molecular complexity index is 144. The Morgan fingerprint density at radius 3 is 2.69 bits per heavy atom. The van der Waals surface area contributed by atoms with E-state index in [1.54, 1.807) is 0 Å². The summed E-state index contributed by atoms with van der Waals surface area (Å²) in [6, 6.07) is 0. The van der Waals surface area contributed by atoms with E-state index in [0.717, 1.165) is 12.8 Å². The van der Waals surface area contributed by atoms with Crippen LogP contribution in [0.1, 0.15) is 38.5 Å². The molecule has 3 heteroatoms. The highest BCUT2D eigenvalue weighted by Crippen LogP contribution is 2.21. The van der Waals surface area contributed by atoms with E-state index in [0.29, 0.717) is 18.9 Å². The molecule has 0 aromatic carbocycles. The van der Waals surface area contributed by atoms with Gasteiger partial charge in [0, 0.05) is 0 Å². The molecule has 0 heterocycles. The minimum absolute atomic E-state index is 0.194. The number of ether oxygens (including phenoxy) is 1. The summed E-state index contributed by atoms with van der Waals surface area (Å²) in [5.41, 5.74) is 0. The van der Waals surface area contributed by atoms with Crippen LogP contribution in [0.2, 0.25) is 0 Å². The lowest BCUT2D eigenvalue weighted by Crippen LogP contribution is -2.34. The highest BCUT2D eigenvalue weighted by atomic mass is 16.5. The Balaban J connectivity index is 2.22. The maximum absolute atomic E-state index is 10.2. The van der Waals surface area contributed by atoms with Gasteiger partial charge in [0.05, 0.1) is 6.10 Å². The zero-order valence-electron chi connectivity index (χ0n) is 8.00. The van der Waals surface area contributed by atoms with Crippen molar-refractivity contribution in [3.63, 3.8) is 0 Å². The molecule has 3 nitrogen and oxygen atoms in total. The van der Waals surface area contributed by atoms with Crippen molar-refractivity contribution in [3.05, 3.63) is 6.92 Å². The van der Waals surface area contributed by atoms with E-state index < -0.39 is 0 Å². The van der Waals surface area contributed by atoms with Crippen LogP contribution in [0.3, 0.4) is 0 Å². The van der Waals surface area contributed by atoms with E-state index in [9.17, 15) is 4.79 Å². The van der Waals surface area contributed by atoms with E-state index in [4.69, 9.17) is 4.74 Å². The lowest BCUT2D eigenvalue weighted by atomic mass is 9.98. The van der Waals surface area contributed by atoms with Gasteiger partial charge in [0.2, 0.25) is 6.41 Å². The van der Waals surface area contributed by atoms with Crippen LogP contribution in [0, 0.1) is 6.92 Å². The first kappa shape index (κ1) is 10.5. The molecule has 0 aliphatic heterocycles. The number of rotatable bonds is 5. The molecule has 0 bridgehead atoms. The first-order valence-corrected chi connectivity index (χ1v) is 5.01. The van der Waals surface area contributed by atoms with Gasteiger partial charge in [0.1, 0.15) is 6.23 Å². The van der Waals surface area contributed by atoms with Crippen molar-refractivity contribution < 1.29 is 9.53 Å². The number of nitrogens with one attached hydrogen (secondary N) is 1. The zero-order valence-corrected chi connectivity index (χ0v) is 8.00. The number of carbonyl (C=O) groups excluding carboxylic acids is 1. The van der Waals surface area contributed by atoms with Crippen LogP contribution in [0.5, 0.6) is 0 Å². The largest absolute Gasteiger partial charge is 0.355 e. The monoisotopic (exact) mass is 184 g/mol. The van der Waals surface area contributed by atoms with Crippen molar-refractivity contribution in [1.29, 1.82) is 0 Å². The molecule has 1 N–H and O–H groups in total. The standard InChI is InChI=1S/C10H18NO2/c1-2-10(11-8-12)13-9-6-4-3-5-7-9/h8-10H,1-7H2,(H,11,12). The fourth-order valence-corrected chi connectivity index (χ4v) is 1.70. The van der Waals surface area contributed by atoms with E-state index in [-0.39, 0.29) is 6.23 Å². The first-order chi connectivity index (χ1) is 6.36. The maximum Gasteiger partial charge on any atom is 0.209 e. The SMILES string of the molecule is [CH2]CC(NC=O)OC1CCCCC1. The van der Waals surface area contributed by atoms with Crippen LogP contribution in [0.15, 0.2) is 0 Å². The first-order valence-electron chi connectivity index (χ1n) is 5.01. The van der Waals surface area contributed by atoms with Gasteiger partial charge in [-0.2, -0.15) is 0 Å². The Kier molecular flexibility index (Phi) is 4.83. The Morgan fingerprint density at radius 1 is 1.46 bits per heavy atom. The summed E-state index contributed by atoms with van der Waals surface area (Å²) in [5.74, 6) is 0. The lowest BCUT2D eigenvalue weighted by Gasteiger charge is -2.26. The van der Waals surface area contributed by atoms with Gasteiger partial charge in [-0.15, -0.1) is 0 Å². The normalized spacial score (nSPS) is 21.0. The van der Waals surface area contributed by atoms with Crippen molar-refractivity contribution in [2.75, 3.05) is 0 Å². The van der Waals surface area contributed by atoms with Crippen LogP contribution < -0.4 is 5.32 Å². The van der Waals surface area contributed by atoms with Gasteiger partial charge >= 0.3 is 0 Å². The predicted molar refractivity (Wildman–Crippen MR) is 50.9 cm³/mol. The van der Waals surface area contributed by atoms with E-state index >= 15 is 0 Å². The summed E-state index contributed by atoms with van der Waals surface area (Å²) in [6.07, 6.45) is 7.46. The molecule has 1 unspecified atom stereocenters. The van der Waals surface area contributed by atoms with Gasteiger partial charge in [0.25, 0.3) is 0 Å². The summed E-state index contributed by atoms with van der Waals surface area (Å²) in [7, 11) is 0. The van der Waals surface area contributed by atoms with Crippen LogP contribution >= 0.6 is 0 Å². The molecule has 1 rings (SSSR count). The summed E-state index contributed by atoms with van der Waals surface area (Å²) in [5, 5.41) is 2.61. The third-order valence-electron chi connectivity index (χ3n) is 2.43. The molecule has 1 aliphatic rings. The number of hydrogen-bond acceptors (Lipinski definition) is 2. The molecule has 1 amide bonds. The highest BCUT2D eigenvalue weighted by Gasteiger charge is 2.17. The molecule has 0 aromatic heterocycles. The third-order valence-corrected chi connectivity index (χ3v) is 2.43. The minimum atomic E-state index is -0.194. The predicted octanol–water partition coefficient (Wildman–Crippen LogP) is 1.63. The Hall–Kier alpha value is -0.570. The van der Waals surface area contributed by atoms with Crippen LogP contribution in [-0.2, 0) is 9.53 Å². The fraction of sp³-hybridized carbons (Fsp3) is 0.800. The molecule has 0 spiro atoms. The Morgan fingerprint density at radius 2 is 2.15 bits per heavy atom. The summed E-state index contributed by atoms with van der Waals surface area (Å²) in [6.45, 7) is 3.72. The second-order valence-electron chi connectivity index (χ2n) is 3.46. The summed E-state index contributed by atoms with van der Waals surface area (Å²) < 4.78 is 5.68. The zero-order chi connectivity index (χ0) is 9.52. The van der Waals surface area contributed by atoms with Crippen molar-refractivity contribution >= 4 is 6.41 Å². The molecule has 1 radical (unpaired) electrons. The molecule has 1 atom stereocenters. The second-order valence-corrected chi connectivity index (χ2v) is 3.46. The number of amides is 1. The van der Waals surface area contributed by atoms with E-state index in [1.165, 1.54) is 19.3 Å². The second kappa shape index (κ2) is 5.97. The smallest absolute Gasteiger partial charge is 0.209 e. The molecular formula is C10H18NO2. The van der Waals surface area contributed by atoms with Gasteiger partial charge in [-0.1, -0.05) is 19.3 Å². The highest BCUT2D eigenvalue weighted by molar-refractivity contribution is 5.46.